The Morgan fingerprint density at radius 3 is 2.58 bits per heavy atom. The number of esters is 1. The van der Waals surface area contributed by atoms with Gasteiger partial charge in [-0.05, 0) is 30.2 Å². The van der Waals surface area contributed by atoms with E-state index in [9.17, 15) is 9.90 Å². The third-order valence-corrected chi connectivity index (χ3v) is 3.08. The van der Waals surface area contributed by atoms with Crippen molar-refractivity contribution in [2.24, 2.45) is 0 Å². The van der Waals surface area contributed by atoms with E-state index in [1.54, 1.807) is 6.92 Å². The van der Waals surface area contributed by atoms with Crippen LogP contribution in [0.2, 0.25) is 0 Å². The summed E-state index contributed by atoms with van der Waals surface area (Å²) >= 11 is 0. The largest absolute Gasteiger partial charge is 0.464 e. The van der Waals surface area contributed by atoms with Gasteiger partial charge < -0.3 is 9.84 Å². The van der Waals surface area contributed by atoms with Crippen LogP contribution in [0.1, 0.15) is 19.4 Å². The Balaban J connectivity index is 2.23. The summed E-state index contributed by atoms with van der Waals surface area (Å²) in [5, 5.41) is 12.4. The quantitative estimate of drug-likeness (QED) is 0.858. The summed E-state index contributed by atoms with van der Waals surface area (Å²) in [6.45, 7) is 3.48. The van der Waals surface area contributed by atoms with Crippen molar-refractivity contribution in [2.75, 3.05) is 6.61 Å². The first kappa shape index (κ1) is 13.6. The van der Waals surface area contributed by atoms with Crippen molar-refractivity contribution in [1.82, 2.24) is 0 Å². The minimum absolute atomic E-state index is 0.247. The Morgan fingerprint density at radius 1 is 1.21 bits per heavy atom. The van der Waals surface area contributed by atoms with E-state index >= 15 is 0 Å². The summed E-state index contributed by atoms with van der Waals surface area (Å²) in [5.74, 6) is -0.580. The van der Waals surface area contributed by atoms with Crippen LogP contribution >= 0.6 is 0 Å². The van der Waals surface area contributed by atoms with Crippen molar-refractivity contribution in [1.29, 1.82) is 0 Å². The molecule has 0 saturated heterocycles. The van der Waals surface area contributed by atoms with Crippen LogP contribution in [0.4, 0.5) is 0 Å². The Hall–Kier alpha value is -1.87. The summed E-state index contributed by atoms with van der Waals surface area (Å²) in [6, 6.07) is 13.9. The number of carbonyl (C=O) groups is 1. The fraction of sp³-hybridized carbons (Fsp3) is 0.312. The van der Waals surface area contributed by atoms with E-state index in [0.717, 1.165) is 16.3 Å². The average Bonchev–Trinajstić information content (AvgIpc) is 2.38. The molecule has 100 valence electrons. The van der Waals surface area contributed by atoms with Gasteiger partial charge in [-0.15, -0.1) is 0 Å². The van der Waals surface area contributed by atoms with Crippen LogP contribution in [-0.2, 0) is 16.0 Å². The highest BCUT2D eigenvalue weighted by Crippen LogP contribution is 2.20. The molecule has 3 nitrogen and oxygen atoms in total. The van der Waals surface area contributed by atoms with Gasteiger partial charge in [0.2, 0.25) is 0 Å². The van der Waals surface area contributed by atoms with Gasteiger partial charge in [0.05, 0.1) is 6.61 Å². The van der Waals surface area contributed by atoms with E-state index in [-0.39, 0.29) is 13.0 Å². The molecule has 0 unspecified atom stereocenters. The summed E-state index contributed by atoms with van der Waals surface area (Å²) < 4.78 is 4.88. The first-order valence-electron chi connectivity index (χ1n) is 6.40. The number of rotatable bonds is 4. The van der Waals surface area contributed by atoms with E-state index in [4.69, 9.17) is 4.74 Å². The lowest BCUT2D eigenvalue weighted by Crippen LogP contribution is -2.39. The second-order valence-corrected chi connectivity index (χ2v) is 4.85. The van der Waals surface area contributed by atoms with Gasteiger partial charge in [-0.2, -0.15) is 0 Å². The summed E-state index contributed by atoms with van der Waals surface area (Å²) in [5.41, 5.74) is -0.574. The highest BCUT2D eigenvalue weighted by atomic mass is 16.5. The zero-order valence-electron chi connectivity index (χ0n) is 11.2. The number of ether oxygens (including phenoxy) is 1. The standard InChI is InChI=1S/C16H18O3/c1-3-19-15(17)16(2,18)11-12-8-9-13-6-4-5-7-14(13)10-12/h4-10,18H,3,11H2,1-2H3/t16-/m1/s1. The van der Waals surface area contributed by atoms with Crippen molar-refractivity contribution < 1.29 is 14.6 Å². The maximum Gasteiger partial charge on any atom is 0.338 e. The van der Waals surface area contributed by atoms with Crippen molar-refractivity contribution in [3.05, 3.63) is 48.0 Å². The topological polar surface area (TPSA) is 46.5 Å². The fourth-order valence-corrected chi connectivity index (χ4v) is 2.10. The maximum absolute atomic E-state index is 11.7. The maximum atomic E-state index is 11.7. The highest BCUT2D eigenvalue weighted by molar-refractivity contribution is 5.84. The zero-order chi connectivity index (χ0) is 13.9. The van der Waals surface area contributed by atoms with Crippen molar-refractivity contribution in [2.45, 2.75) is 25.9 Å². The smallest absolute Gasteiger partial charge is 0.338 e. The molecule has 0 saturated carbocycles. The lowest BCUT2D eigenvalue weighted by atomic mass is 9.95. The summed E-state index contributed by atoms with van der Waals surface area (Å²) in [4.78, 5) is 11.7. The Kier molecular flexibility index (Phi) is 3.86. The van der Waals surface area contributed by atoms with Crippen LogP contribution < -0.4 is 0 Å². The Morgan fingerprint density at radius 2 is 1.89 bits per heavy atom. The highest BCUT2D eigenvalue weighted by Gasteiger charge is 2.32. The molecule has 0 amide bonds. The van der Waals surface area contributed by atoms with E-state index < -0.39 is 11.6 Å². The monoisotopic (exact) mass is 258 g/mol. The van der Waals surface area contributed by atoms with Crippen molar-refractivity contribution in [3.8, 4) is 0 Å². The van der Waals surface area contributed by atoms with E-state index in [0.29, 0.717) is 0 Å². The molecule has 0 fully saturated rings. The molecule has 0 bridgehead atoms. The molecule has 0 aromatic heterocycles. The van der Waals surface area contributed by atoms with Crippen LogP contribution in [0.15, 0.2) is 42.5 Å². The van der Waals surface area contributed by atoms with Crippen LogP contribution in [0, 0.1) is 0 Å². The molecule has 19 heavy (non-hydrogen) atoms. The molecule has 0 aliphatic carbocycles. The molecule has 2 aromatic rings. The molecule has 1 atom stereocenters. The molecule has 0 aliphatic heterocycles. The third-order valence-electron chi connectivity index (χ3n) is 3.08. The number of hydrogen-bond donors (Lipinski definition) is 1. The third kappa shape index (κ3) is 3.12. The van der Waals surface area contributed by atoms with Gasteiger partial charge in [0.1, 0.15) is 0 Å². The molecule has 0 radical (unpaired) electrons. The average molecular weight is 258 g/mol. The second-order valence-electron chi connectivity index (χ2n) is 4.85. The van der Waals surface area contributed by atoms with Gasteiger partial charge in [0.15, 0.2) is 5.60 Å². The zero-order valence-corrected chi connectivity index (χ0v) is 11.2. The molecule has 2 aromatic carbocycles. The molecule has 3 heteroatoms. The van der Waals surface area contributed by atoms with E-state index in [1.807, 2.05) is 42.5 Å². The molecule has 0 spiro atoms. The first-order valence-corrected chi connectivity index (χ1v) is 6.40. The fourth-order valence-electron chi connectivity index (χ4n) is 2.10. The Bertz CT molecular complexity index is 587. The predicted octanol–water partition coefficient (Wildman–Crippen LogP) is 2.70. The van der Waals surface area contributed by atoms with Gasteiger partial charge >= 0.3 is 5.97 Å². The molecule has 0 heterocycles. The van der Waals surface area contributed by atoms with E-state index in [2.05, 4.69) is 0 Å². The number of aliphatic hydroxyl groups is 1. The van der Waals surface area contributed by atoms with Gasteiger partial charge in [0, 0.05) is 6.42 Å². The number of fused-ring (bicyclic) bond motifs is 1. The van der Waals surface area contributed by atoms with Crippen LogP contribution in [0.25, 0.3) is 10.8 Å². The molecule has 1 N–H and O–H groups in total. The summed E-state index contributed by atoms with van der Waals surface area (Å²) in [6.07, 6.45) is 0.247. The van der Waals surface area contributed by atoms with Gasteiger partial charge in [-0.3, -0.25) is 0 Å². The minimum Gasteiger partial charge on any atom is -0.464 e. The lowest BCUT2D eigenvalue weighted by Gasteiger charge is -2.21. The molecule has 0 aliphatic rings. The van der Waals surface area contributed by atoms with Crippen LogP contribution in [0.5, 0.6) is 0 Å². The second kappa shape index (κ2) is 5.41. The predicted molar refractivity (Wildman–Crippen MR) is 74.9 cm³/mol. The Labute approximate surface area is 112 Å². The number of benzene rings is 2. The van der Waals surface area contributed by atoms with Crippen molar-refractivity contribution in [3.63, 3.8) is 0 Å². The van der Waals surface area contributed by atoms with Crippen molar-refractivity contribution >= 4 is 16.7 Å². The number of carbonyl (C=O) groups excluding carboxylic acids is 1. The van der Waals surface area contributed by atoms with E-state index in [1.165, 1.54) is 6.92 Å². The molecular formula is C16H18O3. The SMILES string of the molecule is CCOC(=O)[C@](C)(O)Cc1ccc2ccccc2c1. The molecule has 2 rings (SSSR count). The van der Waals surface area contributed by atoms with Crippen LogP contribution in [0.3, 0.4) is 0 Å². The van der Waals surface area contributed by atoms with Crippen LogP contribution in [-0.4, -0.2) is 23.3 Å². The lowest BCUT2D eigenvalue weighted by molar-refractivity contribution is -0.162. The normalized spacial score (nSPS) is 14.1. The van der Waals surface area contributed by atoms with Gasteiger partial charge in [-0.1, -0.05) is 42.5 Å². The first-order chi connectivity index (χ1) is 9.03. The molecular weight excluding hydrogens is 240 g/mol. The van der Waals surface area contributed by atoms with Gasteiger partial charge in [-0.25, -0.2) is 4.79 Å². The minimum atomic E-state index is -1.49. The summed E-state index contributed by atoms with van der Waals surface area (Å²) in [7, 11) is 0. The number of hydrogen-bond acceptors (Lipinski definition) is 3. The van der Waals surface area contributed by atoms with Gasteiger partial charge in [0.25, 0.3) is 0 Å².